The molecule has 0 atom stereocenters. The van der Waals surface area contributed by atoms with Crippen LogP contribution in [0.4, 0.5) is 8.78 Å². The minimum Gasteiger partial charge on any atom is -0.434 e. The van der Waals surface area contributed by atoms with Crippen LogP contribution in [0.25, 0.3) is 0 Å². The molecule has 0 spiro atoms. The molecule has 6 heteroatoms. The van der Waals surface area contributed by atoms with Gasteiger partial charge in [0.25, 0.3) is 0 Å². The lowest BCUT2D eigenvalue weighted by Crippen LogP contribution is -2.14. The van der Waals surface area contributed by atoms with E-state index in [4.69, 9.17) is 4.74 Å². The van der Waals surface area contributed by atoms with Crippen molar-refractivity contribution in [2.75, 3.05) is 6.54 Å². The summed E-state index contributed by atoms with van der Waals surface area (Å²) in [7, 11) is 0. The second-order valence-electron chi connectivity index (χ2n) is 4.18. The molecule has 4 nitrogen and oxygen atoms in total. The zero-order valence-electron chi connectivity index (χ0n) is 11.1. The molecule has 0 radical (unpaired) electrons. The van der Waals surface area contributed by atoms with E-state index in [1.165, 1.54) is 24.5 Å². The Balaban J connectivity index is 2.01. The van der Waals surface area contributed by atoms with Crippen LogP contribution >= 0.6 is 0 Å². The van der Waals surface area contributed by atoms with Gasteiger partial charge in [0.05, 0.1) is 18.1 Å². The van der Waals surface area contributed by atoms with Crippen LogP contribution in [0.1, 0.15) is 19.0 Å². The van der Waals surface area contributed by atoms with Crippen LogP contribution in [-0.4, -0.2) is 16.5 Å². The number of nitrogens with one attached hydrogen (secondary N) is 1. The van der Waals surface area contributed by atoms with E-state index in [1.807, 2.05) is 0 Å². The summed E-state index contributed by atoms with van der Waals surface area (Å²) < 4.78 is 31.6. The maximum absolute atomic E-state index is 13.4. The van der Waals surface area contributed by atoms with E-state index in [-0.39, 0.29) is 11.6 Å². The first-order valence-electron chi connectivity index (χ1n) is 6.34. The molecule has 0 aliphatic rings. The molecule has 0 aliphatic heterocycles. The summed E-state index contributed by atoms with van der Waals surface area (Å²) in [5.74, 6) is -2.09. The maximum Gasteiger partial charge on any atom is 0.237 e. The fourth-order valence-corrected chi connectivity index (χ4v) is 1.56. The van der Waals surface area contributed by atoms with Crippen molar-refractivity contribution in [1.29, 1.82) is 0 Å². The molecular weight excluding hydrogens is 264 g/mol. The molecule has 1 N–H and O–H groups in total. The van der Waals surface area contributed by atoms with Crippen LogP contribution in [0.3, 0.4) is 0 Å². The maximum atomic E-state index is 13.4. The van der Waals surface area contributed by atoms with Gasteiger partial charge in [-0.05, 0) is 25.1 Å². The first-order valence-corrected chi connectivity index (χ1v) is 6.34. The lowest BCUT2D eigenvalue weighted by atomic mass is 10.3. The summed E-state index contributed by atoms with van der Waals surface area (Å²) in [6.07, 6.45) is 3.95. The van der Waals surface area contributed by atoms with E-state index in [2.05, 4.69) is 22.2 Å². The van der Waals surface area contributed by atoms with Crippen molar-refractivity contribution in [2.24, 2.45) is 0 Å². The summed E-state index contributed by atoms with van der Waals surface area (Å²) in [5, 5.41) is 3.18. The van der Waals surface area contributed by atoms with Crippen molar-refractivity contribution < 1.29 is 13.5 Å². The Morgan fingerprint density at radius 2 is 2.05 bits per heavy atom. The van der Waals surface area contributed by atoms with Crippen LogP contribution < -0.4 is 10.1 Å². The number of aromatic nitrogens is 2. The predicted octanol–water partition coefficient (Wildman–Crippen LogP) is 3.05. The fraction of sp³-hybridized carbons (Fsp3) is 0.286. The Morgan fingerprint density at radius 3 is 2.75 bits per heavy atom. The monoisotopic (exact) mass is 279 g/mol. The minimum absolute atomic E-state index is 0.119. The van der Waals surface area contributed by atoms with Crippen LogP contribution in [0.5, 0.6) is 11.6 Å². The standard InChI is InChI=1S/C14H15F2N3O/c1-2-6-17-7-10-8-19-13(9-18-10)20-12-5-3-4-11(15)14(12)16/h3-5,8-9,17H,2,6-7H2,1H3. The van der Waals surface area contributed by atoms with E-state index in [1.54, 1.807) is 0 Å². The highest BCUT2D eigenvalue weighted by Crippen LogP contribution is 2.23. The van der Waals surface area contributed by atoms with E-state index < -0.39 is 11.6 Å². The molecule has 0 bridgehead atoms. The van der Waals surface area contributed by atoms with Crippen molar-refractivity contribution in [1.82, 2.24) is 15.3 Å². The zero-order valence-corrected chi connectivity index (χ0v) is 11.1. The third-order valence-electron chi connectivity index (χ3n) is 2.55. The van der Waals surface area contributed by atoms with Gasteiger partial charge in [0.2, 0.25) is 11.7 Å². The predicted molar refractivity (Wildman–Crippen MR) is 70.5 cm³/mol. The van der Waals surface area contributed by atoms with E-state index in [0.29, 0.717) is 6.54 Å². The average Bonchev–Trinajstić information content (AvgIpc) is 2.46. The SMILES string of the molecule is CCCNCc1cnc(Oc2cccc(F)c2F)cn1. The summed E-state index contributed by atoms with van der Waals surface area (Å²) >= 11 is 0. The van der Waals surface area contributed by atoms with Gasteiger partial charge in [-0.2, -0.15) is 4.39 Å². The first kappa shape index (κ1) is 14.3. The summed E-state index contributed by atoms with van der Waals surface area (Å²) in [6.45, 7) is 3.58. The lowest BCUT2D eigenvalue weighted by Gasteiger charge is -2.06. The largest absolute Gasteiger partial charge is 0.434 e. The first-order chi connectivity index (χ1) is 9.70. The Hall–Kier alpha value is -2.08. The van der Waals surface area contributed by atoms with Gasteiger partial charge < -0.3 is 10.1 Å². The quantitative estimate of drug-likeness (QED) is 0.826. The van der Waals surface area contributed by atoms with Gasteiger partial charge in [0, 0.05) is 6.54 Å². The second-order valence-corrected chi connectivity index (χ2v) is 4.18. The van der Waals surface area contributed by atoms with Crippen LogP contribution in [0, 0.1) is 11.6 Å². The summed E-state index contributed by atoms with van der Waals surface area (Å²) in [5.41, 5.74) is 0.755. The molecule has 2 aromatic rings. The fourth-order valence-electron chi connectivity index (χ4n) is 1.56. The topological polar surface area (TPSA) is 47.0 Å². The Bertz CT molecular complexity index is 561. The molecule has 0 fully saturated rings. The van der Waals surface area contributed by atoms with Crippen molar-refractivity contribution in [2.45, 2.75) is 19.9 Å². The van der Waals surface area contributed by atoms with E-state index >= 15 is 0 Å². The van der Waals surface area contributed by atoms with E-state index in [0.717, 1.165) is 24.7 Å². The molecule has 2 rings (SSSR count). The third-order valence-corrected chi connectivity index (χ3v) is 2.55. The highest BCUT2D eigenvalue weighted by molar-refractivity contribution is 5.28. The molecule has 0 amide bonds. The minimum atomic E-state index is -1.04. The number of halogens is 2. The molecule has 0 unspecified atom stereocenters. The van der Waals surface area contributed by atoms with E-state index in [9.17, 15) is 8.78 Å². The number of benzene rings is 1. The van der Waals surface area contributed by atoms with Gasteiger partial charge in [-0.25, -0.2) is 9.37 Å². The molecule has 106 valence electrons. The highest BCUT2D eigenvalue weighted by atomic mass is 19.2. The van der Waals surface area contributed by atoms with Gasteiger partial charge in [-0.3, -0.25) is 4.98 Å². The molecular formula is C14H15F2N3O. The van der Waals surface area contributed by atoms with Crippen molar-refractivity contribution >= 4 is 0 Å². The molecule has 1 heterocycles. The van der Waals surface area contributed by atoms with Gasteiger partial charge in [-0.15, -0.1) is 0 Å². The average molecular weight is 279 g/mol. The molecule has 0 aliphatic carbocycles. The Morgan fingerprint density at radius 1 is 1.20 bits per heavy atom. The van der Waals surface area contributed by atoms with Crippen LogP contribution in [0.15, 0.2) is 30.6 Å². The lowest BCUT2D eigenvalue weighted by molar-refractivity contribution is 0.403. The summed E-state index contributed by atoms with van der Waals surface area (Å²) in [4.78, 5) is 8.14. The number of nitrogens with zero attached hydrogens (tertiary/aromatic N) is 2. The molecule has 0 saturated carbocycles. The Labute approximate surface area is 115 Å². The van der Waals surface area contributed by atoms with Crippen molar-refractivity contribution in [3.05, 3.63) is 47.9 Å². The molecule has 0 saturated heterocycles. The molecule has 1 aromatic heterocycles. The highest BCUT2D eigenvalue weighted by Gasteiger charge is 2.10. The van der Waals surface area contributed by atoms with Gasteiger partial charge >= 0.3 is 0 Å². The summed E-state index contributed by atoms with van der Waals surface area (Å²) in [6, 6.07) is 3.72. The number of rotatable bonds is 6. The number of ether oxygens (including phenoxy) is 1. The van der Waals surface area contributed by atoms with Crippen molar-refractivity contribution in [3.63, 3.8) is 0 Å². The third kappa shape index (κ3) is 3.71. The van der Waals surface area contributed by atoms with Crippen LogP contribution in [-0.2, 0) is 6.54 Å². The van der Waals surface area contributed by atoms with Gasteiger partial charge in [0.1, 0.15) is 0 Å². The van der Waals surface area contributed by atoms with Crippen LogP contribution in [0.2, 0.25) is 0 Å². The number of hydrogen-bond donors (Lipinski definition) is 1. The smallest absolute Gasteiger partial charge is 0.237 e. The van der Waals surface area contributed by atoms with Gasteiger partial charge in [-0.1, -0.05) is 13.0 Å². The molecule has 1 aromatic carbocycles. The normalized spacial score (nSPS) is 10.6. The second kappa shape index (κ2) is 6.91. The Kier molecular flexibility index (Phi) is 4.95. The van der Waals surface area contributed by atoms with Gasteiger partial charge in [0.15, 0.2) is 11.6 Å². The molecule has 20 heavy (non-hydrogen) atoms. The van der Waals surface area contributed by atoms with Crippen molar-refractivity contribution in [3.8, 4) is 11.6 Å². The number of hydrogen-bond acceptors (Lipinski definition) is 4. The zero-order chi connectivity index (χ0) is 14.4.